The highest BCUT2D eigenvalue weighted by molar-refractivity contribution is 5.91. The van der Waals surface area contributed by atoms with Gasteiger partial charge in [0.05, 0.1) is 0 Å². The monoisotopic (exact) mass is 390 g/mol. The summed E-state index contributed by atoms with van der Waals surface area (Å²) >= 11 is 0. The molecule has 152 valence electrons. The minimum atomic E-state index is -0.0977. The second kappa shape index (κ2) is 10.6. The number of likely N-dealkylation sites (N-methyl/N-ethyl adjacent to an activating group) is 1. The van der Waals surface area contributed by atoms with E-state index in [4.69, 9.17) is 5.73 Å². The number of aryl methyl sites for hydroxylation is 1. The van der Waals surface area contributed by atoms with E-state index in [1.165, 1.54) is 33.7 Å². The Morgan fingerprint density at radius 2 is 1.90 bits per heavy atom. The van der Waals surface area contributed by atoms with Crippen molar-refractivity contribution in [2.75, 3.05) is 20.1 Å². The number of aromatic nitrogens is 1. The molecule has 5 nitrogen and oxygen atoms in total. The fraction of sp³-hybridized carbons (Fsp3) is 0.292. The van der Waals surface area contributed by atoms with Crippen molar-refractivity contribution >= 4 is 22.9 Å². The Morgan fingerprint density at radius 3 is 2.66 bits per heavy atom. The molecule has 1 amide bonds. The smallest absolute Gasteiger partial charge is 0.243 e. The molecule has 0 aliphatic rings. The molecule has 0 radical (unpaired) electrons. The zero-order valence-corrected chi connectivity index (χ0v) is 17.0. The molecule has 0 unspecified atom stereocenters. The number of hydrogen-bond donors (Lipinski definition) is 4. The molecule has 5 heteroatoms. The van der Waals surface area contributed by atoms with Gasteiger partial charge in [0.15, 0.2) is 0 Å². The molecule has 29 heavy (non-hydrogen) atoms. The van der Waals surface area contributed by atoms with Crippen LogP contribution in [0.2, 0.25) is 0 Å². The first-order valence-corrected chi connectivity index (χ1v) is 10.2. The van der Waals surface area contributed by atoms with Crippen molar-refractivity contribution in [2.45, 2.75) is 25.8 Å². The molecule has 1 aromatic heterocycles. The zero-order chi connectivity index (χ0) is 20.5. The lowest BCUT2D eigenvalue weighted by Crippen LogP contribution is -2.16. The van der Waals surface area contributed by atoms with Gasteiger partial charge in [0, 0.05) is 36.8 Å². The van der Waals surface area contributed by atoms with Gasteiger partial charge in [-0.25, -0.2) is 0 Å². The van der Waals surface area contributed by atoms with Crippen molar-refractivity contribution in [2.24, 2.45) is 5.73 Å². The first-order valence-electron chi connectivity index (χ1n) is 10.2. The quantitative estimate of drug-likeness (QED) is 0.317. The van der Waals surface area contributed by atoms with Gasteiger partial charge in [-0.2, -0.15) is 0 Å². The fourth-order valence-electron chi connectivity index (χ4n) is 3.35. The Kier molecular flexibility index (Phi) is 7.61. The number of carbonyl (C=O) groups is 1. The molecule has 0 saturated heterocycles. The minimum absolute atomic E-state index is 0.0977. The van der Waals surface area contributed by atoms with Gasteiger partial charge >= 0.3 is 0 Å². The Balaban J connectivity index is 1.50. The van der Waals surface area contributed by atoms with Gasteiger partial charge in [-0.1, -0.05) is 30.3 Å². The number of amides is 1. The summed E-state index contributed by atoms with van der Waals surface area (Å²) < 4.78 is 0. The molecular weight excluding hydrogens is 360 g/mol. The summed E-state index contributed by atoms with van der Waals surface area (Å²) in [6.07, 6.45) is 8.50. The molecule has 0 fully saturated rings. The van der Waals surface area contributed by atoms with Crippen LogP contribution in [-0.4, -0.2) is 31.0 Å². The number of aromatic amines is 1. The van der Waals surface area contributed by atoms with E-state index in [2.05, 4.69) is 52.1 Å². The van der Waals surface area contributed by atoms with E-state index >= 15 is 0 Å². The molecule has 0 aliphatic heterocycles. The molecule has 2 aromatic carbocycles. The van der Waals surface area contributed by atoms with E-state index < -0.39 is 0 Å². The number of carbonyl (C=O) groups excluding carboxylic acids is 1. The topological polar surface area (TPSA) is 82.9 Å². The highest BCUT2D eigenvalue weighted by atomic mass is 16.1. The van der Waals surface area contributed by atoms with Gasteiger partial charge in [-0.05, 0) is 72.8 Å². The highest BCUT2D eigenvalue weighted by Gasteiger charge is 2.05. The van der Waals surface area contributed by atoms with Crippen LogP contribution in [-0.2, 0) is 24.2 Å². The third-order valence-electron chi connectivity index (χ3n) is 5.05. The van der Waals surface area contributed by atoms with E-state index in [-0.39, 0.29) is 5.91 Å². The predicted octanol–water partition coefficient (Wildman–Crippen LogP) is 3.15. The van der Waals surface area contributed by atoms with Crippen LogP contribution >= 0.6 is 0 Å². The van der Waals surface area contributed by atoms with Crippen molar-refractivity contribution in [3.05, 3.63) is 77.0 Å². The van der Waals surface area contributed by atoms with E-state index in [0.29, 0.717) is 0 Å². The van der Waals surface area contributed by atoms with Crippen molar-refractivity contribution < 1.29 is 4.79 Å². The summed E-state index contributed by atoms with van der Waals surface area (Å²) in [6, 6.07) is 14.9. The average molecular weight is 391 g/mol. The highest BCUT2D eigenvalue weighted by Crippen LogP contribution is 2.21. The summed E-state index contributed by atoms with van der Waals surface area (Å²) in [5.74, 6) is -0.0977. The van der Waals surface area contributed by atoms with Gasteiger partial charge in [0.25, 0.3) is 0 Å². The molecule has 1 heterocycles. The second-order valence-electron chi connectivity index (χ2n) is 7.20. The summed E-state index contributed by atoms with van der Waals surface area (Å²) in [4.78, 5) is 14.6. The van der Waals surface area contributed by atoms with Crippen molar-refractivity contribution in [3.8, 4) is 0 Å². The van der Waals surface area contributed by atoms with Gasteiger partial charge in [-0.3, -0.25) is 4.79 Å². The number of rotatable bonds is 10. The number of fused-ring (bicyclic) bond motifs is 1. The first-order chi connectivity index (χ1) is 14.2. The Labute approximate surface area is 172 Å². The van der Waals surface area contributed by atoms with Gasteiger partial charge in [-0.15, -0.1) is 0 Å². The largest absolute Gasteiger partial charge is 0.361 e. The van der Waals surface area contributed by atoms with Crippen LogP contribution in [0.4, 0.5) is 0 Å². The summed E-state index contributed by atoms with van der Waals surface area (Å²) in [7, 11) is 1.62. The van der Waals surface area contributed by atoms with Crippen LogP contribution in [0.5, 0.6) is 0 Å². The molecular formula is C24H30N4O. The Hall–Kier alpha value is -2.89. The maximum Gasteiger partial charge on any atom is 0.243 e. The first kappa shape index (κ1) is 20.8. The molecule has 3 rings (SSSR count). The maximum absolute atomic E-state index is 11.3. The minimum Gasteiger partial charge on any atom is -0.361 e. The van der Waals surface area contributed by atoms with Crippen LogP contribution in [0, 0.1) is 0 Å². The fourth-order valence-corrected chi connectivity index (χ4v) is 3.35. The van der Waals surface area contributed by atoms with E-state index in [0.717, 1.165) is 44.5 Å². The zero-order valence-electron chi connectivity index (χ0n) is 17.0. The lowest BCUT2D eigenvalue weighted by molar-refractivity contribution is -0.115. The number of nitrogens with two attached hydrogens (primary N) is 1. The molecule has 0 aliphatic carbocycles. The summed E-state index contributed by atoms with van der Waals surface area (Å²) in [5.41, 5.74) is 11.8. The van der Waals surface area contributed by atoms with Gasteiger partial charge in [0.2, 0.25) is 5.91 Å². The maximum atomic E-state index is 11.3. The van der Waals surface area contributed by atoms with E-state index in [9.17, 15) is 4.79 Å². The third-order valence-corrected chi connectivity index (χ3v) is 5.05. The predicted molar refractivity (Wildman–Crippen MR) is 121 cm³/mol. The lowest BCUT2D eigenvalue weighted by atomic mass is 10.0. The molecule has 0 spiro atoms. The second-order valence-corrected chi connectivity index (χ2v) is 7.20. The van der Waals surface area contributed by atoms with Crippen LogP contribution in [0.15, 0.2) is 54.7 Å². The van der Waals surface area contributed by atoms with E-state index in [1.807, 2.05) is 18.2 Å². The van der Waals surface area contributed by atoms with Crippen LogP contribution in [0.1, 0.15) is 28.7 Å². The normalized spacial score (nSPS) is 11.4. The van der Waals surface area contributed by atoms with Crippen molar-refractivity contribution in [3.63, 3.8) is 0 Å². The Bertz CT molecular complexity index is 957. The Morgan fingerprint density at radius 1 is 1.10 bits per heavy atom. The molecule has 3 aromatic rings. The molecule has 0 atom stereocenters. The molecule has 0 bridgehead atoms. The van der Waals surface area contributed by atoms with Gasteiger partial charge in [0.1, 0.15) is 0 Å². The van der Waals surface area contributed by atoms with E-state index in [1.54, 1.807) is 7.05 Å². The lowest BCUT2D eigenvalue weighted by Gasteiger charge is -2.06. The number of hydrogen-bond acceptors (Lipinski definition) is 3. The average Bonchev–Trinajstić information content (AvgIpc) is 3.16. The SMILES string of the molecule is CNC(=O)/C=C/c1ccc(CNCCc2c[nH]c3ccc(CCCN)cc23)cc1. The third kappa shape index (κ3) is 6.04. The number of H-pyrrole nitrogens is 1. The molecule has 5 N–H and O–H groups in total. The summed E-state index contributed by atoms with van der Waals surface area (Å²) in [6.45, 7) is 2.47. The van der Waals surface area contributed by atoms with Crippen LogP contribution in [0.3, 0.4) is 0 Å². The van der Waals surface area contributed by atoms with Crippen molar-refractivity contribution in [1.82, 2.24) is 15.6 Å². The summed E-state index contributed by atoms with van der Waals surface area (Å²) in [5, 5.41) is 7.41. The standard InChI is InChI=1S/C24H30N4O/c1-26-24(29)11-9-18-4-6-20(7-5-18)16-27-14-12-21-17-28-23-10-8-19(3-2-13-25)15-22(21)23/h4-11,15,17,27-28H,2-3,12-14,16,25H2,1H3,(H,26,29)/b11-9+. The van der Waals surface area contributed by atoms with Crippen LogP contribution in [0.25, 0.3) is 17.0 Å². The molecule has 0 saturated carbocycles. The van der Waals surface area contributed by atoms with Crippen molar-refractivity contribution in [1.29, 1.82) is 0 Å². The van der Waals surface area contributed by atoms with Crippen LogP contribution < -0.4 is 16.4 Å². The number of benzene rings is 2. The van der Waals surface area contributed by atoms with Gasteiger partial charge < -0.3 is 21.4 Å². The number of nitrogens with one attached hydrogen (secondary N) is 3.